The second-order valence-corrected chi connectivity index (χ2v) is 8.95. The van der Waals surface area contributed by atoms with Crippen molar-refractivity contribution in [2.24, 2.45) is 0 Å². The maximum atomic E-state index is 12.3. The summed E-state index contributed by atoms with van der Waals surface area (Å²) in [7, 11) is 0. The number of hydrogen-bond donors (Lipinski definition) is 1. The maximum Gasteiger partial charge on any atom is 0.573 e. The predicted molar refractivity (Wildman–Crippen MR) is 121 cm³/mol. The van der Waals surface area contributed by atoms with Gasteiger partial charge in [-0.1, -0.05) is 18.2 Å². The van der Waals surface area contributed by atoms with Gasteiger partial charge in [0.25, 0.3) is 0 Å². The molecule has 2 atom stereocenters. The number of fused-ring (bicyclic) bond motifs is 3. The average Bonchev–Trinajstić information content (AvgIpc) is 3.12. The third kappa shape index (κ3) is 4.42. The zero-order valence-electron chi connectivity index (χ0n) is 17.2. The summed E-state index contributed by atoms with van der Waals surface area (Å²) in [6, 6.07) is 17.2. The number of alkyl halides is 3. The molecule has 0 radical (unpaired) electrons. The van der Waals surface area contributed by atoms with E-state index in [9.17, 15) is 13.2 Å². The van der Waals surface area contributed by atoms with Crippen molar-refractivity contribution in [1.29, 1.82) is 0 Å². The largest absolute Gasteiger partial charge is 0.573 e. The first kappa shape index (κ1) is 21.2. The number of ether oxygens (including phenoxy) is 1. The maximum absolute atomic E-state index is 12.3. The second-order valence-electron chi connectivity index (χ2n) is 8.04. The van der Waals surface area contributed by atoms with Crippen LogP contribution in [0.3, 0.4) is 0 Å². The number of nitrogens with one attached hydrogen (secondary N) is 1. The predicted octanol–water partition coefficient (Wildman–Crippen LogP) is 6.87. The van der Waals surface area contributed by atoms with Gasteiger partial charge in [0.15, 0.2) is 0 Å². The lowest BCUT2D eigenvalue weighted by Gasteiger charge is -2.31. The highest BCUT2D eigenvalue weighted by Crippen LogP contribution is 2.38. The standard InChI is InChI=1S/C24H22F3N3OS/c25-24(26,27)31-18-8-10-19(11-9-18)32-29-16-4-3-5-17(14-16)30-22-7-2-1-6-20(22)21-12-13-28-15-23(21)30/h1-2,6-13,15-17,29H,3-5,14H2/t16-,17+/m0/s1. The first-order chi connectivity index (χ1) is 15.5. The van der Waals surface area contributed by atoms with Crippen molar-refractivity contribution in [3.8, 4) is 5.75 Å². The highest BCUT2D eigenvalue weighted by molar-refractivity contribution is 7.97. The van der Waals surface area contributed by atoms with Crippen LogP contribution in [0.1, 0.15) is 31.7 Å². The summed E-state index contributed by atoms with van der Waals surface area (Å²) < 4.78 is 46.9. The summed E-state index contributed by atoms with van der Waals surface area (Å²) in [5.74, 6) is -0.209. The number of pyridine rings is 1. The van der Waals surface area contributed by atoms with Crippen LogP contribution in [0, 0.1) is 0 Å². The van der Waals surface area contributed by atoms with Crippen LogP contribution >= 0.6 is 11.9 Å². The number of benzene rings is 2. The molecule has 166 valence electrons. The van der Waals surface area contributed by atoms with Gasteiger partial charge in [0.2, 0.25) is 0 Å². The molecule has 0 aliphatic heterocycles. The lowest BCUT2D eigenvalue weighted by Crippen LogP contribution is -2.31. The lowest BCUT2D eigenvalue weighted by molar-refractivity contribution is -0.274. The molecule has 1 saturated carbocycles. The Morgan fingerprint density at radius 1 is 0.969 bits per heavy atom. The number of para-hydroxylation sites is 1. The van der Waals surface area contributed by atoms with E-state index < -0.39 is 6.36 Å². The van der Waals surface area contributed by atoms with Gasteiger partial charge in [0.1, 0.15) is 5.75 Å². The van der Waals surface area contributed by atoms with Crippen molar-refractivity contribution < 1.29 is 17.9 Å². The number of nitrogens with zero attached hydrogens (tertiary/aromatic N) is 2. The van der Waals surface area contributed by atoms with Crippen LogP contribution < -0.4 is 9.46 Å². The third-order valence-corrected chi connectivity index (χ3v) is 6.88. The van der Waals surface area contributed by atoms with Crippen LogP contribution in [-0.4, -0.2) is 22.0 Å². The Balaban J connectivity index is 1.30. The zero-order valence-corrected chi connectivity index (χ0v) is 18.0. The summed E-state index contributed by atoms with van der Waals surface area (Å²) in [5, 5.41) is 2.47. The quantitative estimate of drug-likeness (QED) is 0.332. The van der Waals surface area contributed by atoms with Gasteiger partial charge in [0.05, 0.1) is 11.7 Å². The molecule has 5 rings (SSSR count). The van der Waals surface area contributed by atoms with E-state index in [1.807, 2.05) is 12.4 Å². The molecular weight excluding hydrogens is 435 g/mol. The first-order valence-corrected chi connectivity index (χ1v) is 11.4. The number of halogens is 3. The van der Waals surface area contributed by atoms with Crippen LogP contribution in [0.4, 0.5) is 13.2 Å². The molecule has 32 heavy (non-hydrogen) atoms. The molecule has 0 saturated heterocycles. The third-order valence-electron chi connectivity index (χ3n) is 5.93. The van der Waals surface area contributed by atoms with Crippen molar-refractivity contribution in [3.05, 3.63) is 67.0 Å². The fourth-order valence-electron chi connectivity index (χ4n) is 4.61. The van der Waals surface area contributed by atoms with E-state index in [0.29, 0.717) is 12.1 Å². The summed E-state index contributed by atoms with van der Waals surface area (Å²) in [6.45, 7) is 0. The van der Waals surface area contributed by atoms with E-state index in [1.165, 1.54) is 40.4 Å². The van der Waals surface area contributed by atoms with Crippen molar-refractivity contribution in [2.75, 3.05) is 0 Å². The molecule has 1 fully saturated rings. The number of rotatable bonds is 5. The highest BCUT2D eigenvalue weighted by Gasteiger charge is 2.31. The molecule has 1 N–H and O–H groups in total. The first-order valence-electron chi connectivity index (χ1n) is 10.6. The lowest BCUT2D eigenvalue weighted by atomic mass is 9.91. The zero-order chi connectivity index (χ0) is 22.1. The minimum absolute atomic E-state index is 0.209. The molecule has 0 bridgehead atoms. The monoisotopic (exact) mass is 457 g/mol. The van der Waals surface area contributed by atoms with E-state index in [4.69, 9.17) is 0 Å². The fourth-order valence-corrected chi connectivity index (χ4v) is 5.40. The van der Waals surface area contributed by atoms with Gasteiger partial charge in [-0.3, -0.25) is 9.71 Å². The molecule has 2 aromatic carbocycles. The molecule has 0 unspecified atom stereocenters. The van der Waals surface area contributed by atoms with Crippen LogP contribution in [0.5, 0.6) is 5.75 Å². The molecular formula is C24H22F3N3OS. The summed E-state index contributed by atoms with van der Waals surface area (Å²) in [4.78, 5) is 5.22. The Kier molecular flexibility index (Phi) is 5.73. The Morgan fingerprint density at radius 2 is 1.75 bits per heavy atom. The average molecular weight is 458 g/mol. The van der Waals surface area contributed by atoms with Crippen LogP contribution in [-0.2, 0) is 0 Å². The molecule has 2 heterocycles. The molecule has 4 aromatic rings. The molecule has 0 spiro atoms. The van der Waals surface area contributed by atoms with Crippen molar-refractivity contribution in [1.82, 2.24) is 14.3 Å². The van der Waals surface area contributed by atoms with Crippen LogP contribution in [0.25, 0.3) is 21.8 Å². The van der Waals surface area contributed by atoms with Crippen molar-refractivity contribution in [3.63, 3.8) is 0 Å². The topological polar surface area (TPSA) is 39.1 Å². The van der Waals surface area contributed by atoms with Gasteiger partial charge in [-0.05, 0) is 74.0 Å². The smallest absolute Gasteiger partial charge is 0.406 e. The van der Waals surface area contributed by atoms with Gasteiger partial charge >= 0.3 is 6.36 Å². The van der Waals surface area contributed by atoms with Gasteiger partial charge < -0.3 is 9.30 Å². The van der Waals surface area contributed by atoms with Crippen molar-refractivity contribution in [2.45, 2.75) is 49.0 Å². The van der Waals surface area contributed by atoms with Gasteiger partial charge in [-0.15, -0.1) is 13.2 Å². The Hall–Kier alpha value is -2.71. The molecule has 0 amide bonds. The summed E-state index contributed by atoms with van der Waals surface area (Å²) >= 11 is 1.45. The molecule has 4 nitrogen and oxygen atoms in total. The van der Waals surface area contributed by atoms with Gasteiger partial charge in [-0.2, -0.15) is 0 Å². The van der Waals surface area contributed by atoms with Crippen LogP contribution in [0.2, 0.25) is 0 Å². The van der Waals surface area contributed by atoms with Gasteiger partial charge in [0, 0.05) is 39.5 Å². The fraction of sp³-hybridized carbons (Fsp3) is 0.292. The van der Waals surface area contributed by atoms with E-state index in [2.05, 4.69) is 49.3 Å². The molecule has 1 aliphatic rings. The van der Waals surface area contributed by atoms with E-state index >= 15 is 0 Å². The molecule has 2 aromatic heterocycles. The van der Waals surface area contributed by atoms with E-state index in [0.717, 1.165) is 36.1 Å². The number of hydrogen-bond acceptors (Lipinski definition) is 4. The van der Waals surface area contributed by atoms with Gasteiger partial charge in [-0.25, -0.2) is 0 Å². The highest BCUT2D eigenvalue weighted by atomic mass is 32.2. The normalized spacial score (nSPS) is 19.5. The number of aromatic nitrogens is 2. The van der Waals surface area contributed by atoms with Crippen molar-refractivity contribution >= 4 is 33.8 Å². The Bertz CT molecular complexity index is 1170. The minimum Gasteiger partial charge on any atom is -0.406 e. The minimum atomic E-state index is -4.67. The van der Waals surface area contributed by atoms with E-state index in [1.54, 1.807) is 12.1 Å². The summed E-state index contributed by atoms with van der Waals surface area (Å²) in [5.41, 5.74) is 2.39. The Labute approximate surface area is 187 Å². The molecule has 8 heteroatoms. The van der Waals surface area contributed by atoms with E-state index in [-0.39, 0.29) is 5.75 Å². The SMILES string of the molecule is FC(F)(F)Oc1ccc(SN[C@H]2CCC[C@@H](n3c4ccccc4c4ccncc43)C2)cc1. The Morgan fingerprint density at radius 3 is 2.56 bits per heavy atom. The second kappa shape index (κ2) is 8.67. The summed E-state index contributed by atoms with van der Waals surface area (Å²) in [6.07, 6.45) is 3.37. The molecule has 1 aliphatic carbocycles. The van der Waals surface area contributed by atoms with Crippen LogP contribution in [0.15, 0.2) is 71.9 Å².